The lowest BCUT2D eigenvalue weighted by atomic mass is 9.95. The molecule has 2 saturated carbocycles. The van der Waals surface area contributed by atoms with Gasteiger partial charge in [-0.2, -0.15) is 8.78 Å². The molecule has 13 nitrogen and oxygen atoms in total. The Morgan fingerprint density at radius 3 is 2.29 bits per heavy atom. The molecule has 3 N–H and O–H groups in total. The van der Waals surface area contributed by atoms with Gasteiger partial charge in [0.15, 0.2) is 0 Å². The maximum Gasteiger partial charge on any atom is 0.407 e. The van der Waals surface area contributed by atoms with Crippen molar-refractivity contribution in [1.29, 1.82) is 0 Å². The quantitative estimate of drug-likeness (QED) is 0.123. The SMILES string of the molecule is COC(=O)N[C@H](C(=O)N1CC2(CC2)C[C@H]1c1ncc(-c2ccc3c(c2)C(F)(F)c2cc(-c4ccc5nc(C6[C@H]7CC[C@H](C7)N6C(=O)[C@@H](c6ccccc6)N6CCOCC6)[nH]c5c4)ccc2-3)[nH]1)C(C)C. The van der Waals surface area contributed by atoms with E-state index in [1.807, 2.05) is 79.4 Å². The number of amides is 3. The van der Waals surface area contributed by atoms with Crippen molar-refractivity contribution in [2.45, 2.75) is 88.5 Å². The van der Waals surface area contributed by atoms with E-state index in [1.165, 1.54) is 7.11 Å². The number of alkyl halides is 2. The Balaban J connectivity index is 0.799. The smallest absolute Gasteiger partial charge is 0.407 e. The predicted octanol–water partition coefficient (Wildman–Crippen LogP) is 9.30. The molecule has 3 aliphatic heterocycles. The van der Waals surface area contributed by atoms with Crippen LogP contribution in [0.25, 0.3) is 44.5 Å². The molecule has 15 heteroatoms. The summed E-state index contributed by atoms with van der Waals surface area (Å²) in [6.45, 7) is 6.88. The van der Waals surface area contributed by atoms with Crippen molar-refractivity contribution in [3.8, 4) is 33.5 Å². The van der Waals surface area contributed by atoms with Crippen molar-refractivity contribution in [3.63, 3.8) is 0 Å². The first-order chi connectivity index (χ1) is 33.4. The molecule has 0 radical (unpaired) electrons. The van der Waals surface area contributed by atoms with Gasteiger partial charge in [0.2, 0.25) is 11.8 Å². The van der Waals surface area contributed by atoms with Crippen LogP contribution in [0.5, 0.6) is 0 Å². The van der Waals surface area contributed by atoms with Crippen molar-refractivity contribution >= 4 is 28.9 Å². The van der Waals surface area contributed by atoms with Crippen LogP contribution in [0.4, 0.5) is 13.6 Å². The third-order valence-electron chi connectivity index (χ3n) is 16.1. The summed E-state index contributed by atoms with van der Waals surface area (Å²) in [6.07, 6.45) is 6.69. The average molecular weight is 935 g/mol. The van der Waals surface area contributed by atoms with Gasteiger partial charge < -0.3 is 34.6 Å². The Hall–Kier alpha value is -6.45. The van der Waals surface area contributed by atoms with Gasteiger partial charge in [-0.05, 0) is 108 Å². The number of hydrogen-bond acceptors (Lipinski definition) is 8. The molecule has 69 heavy (non-hydrogen) atoms. The number of morpholine rings is 1. The van der Waals surface area contributed by atoms with Gasteiger partial charge in [-0.25, -0.2) is 14.8 Å². The van der Waals surface area contributed by atoms with E-state index in [1.54, 1.807) is 30.5 Å². The molecule has 3 aliphatic carbocycles. The zero-order valence-corrected chi connectivity index (χ0v) is 39.0. The number of likely N-dealkylation sites (tertiary alicyclic amines) is 2. The standard InChI is InChI=1S/C54H56F2N8O5/c1-30(2)45(61-52(67)68-3)50(65)63-29-53(17-18-53)27-44(63)48-57-28-43(60-48)34-11-15-38-37-14-10-32(24-39(37)54(55,56)40(38)25-34)33-12-16-41-42(26-33)59-49(58-41)46-35-9-13-36(23-35)64(46)51(66)47(31-7-5-4-6-8-31)62-19-21-69-22-20-62/h4-8,10-12,14-16,24-26,28,30,35-36,44-47H,9,13,17-23,27,29H2,1-3H3,(H,57,60)(H,58,59)(H,61,67)/t35-,36+,44-,45-,46?,47+/m0/s1. The van der Waals surface area contributed by atoms with E-state index < -0.39 is 24.1 Å². The number of nitrogens with one attached hydrogen (secondary N) is 3. The van der Waals surface area contributed by atoms with Crippen LogP contribution in [0.15, 0.2) is 91.1 Å². The molecule has 5 fully saturated rings. The Labute approximate surface area is 399 Å². The molecule has 1 spiro atoms. The summed E-state index contributed by atoms with van der Waals surface area (Å²) < 4.78 is 44.1. The second-order valence-electron chi connectivity index (χ2n) is 20.6. The average Bonchev–Trinajstić information content (AvgIpc) is 4.03. The second-order valence-corrected chi connectivity index (χ2v) is 20.6. The number of halogens is 2. The minimum Gasteiger partial charge on any atom is -0.453 e. The van der Waals surface area contributed by atoms with Crippen LogP contribution in [0.2, 0.25) is 0 Å². The number of aromatic amines is 2. The second kappa shape index (κ2) is 16.6. The molecule has 2 bridgehead atoms. The fourth-order valence-electron chi connectivity index (χ4n) is 12.3. The summed E-state index contributed by atoms with van der Waals surface area (Å²) in [7, 11) is 1.27. The van der Waals surface area contributed by atoms with Crippen LogP contribution in [-0.2, 0) is 25.0 Å². The van der Waals surface area contributed by atoms with Crippen molar-refractivity contribution in [1.82, 2.24) is 40.0 Å². The minimum atomic E-state index is -3.27. The Morgan fingerprint density at radius 1 is 0.855 bits per heavy atom. The number of imidazole rings is 2. The number of rotatable bonds is 10. The molecule has 6 atom stereocenters. The summed E-state index contributed by atoms with van der Waals surface area (Å²) in [5.74, 6) is -1.89. The topological polar surface area (TPSA) is 149 Å². The molecule has 3 amide bonds. The van der Waals surface area contributed by atoms with Crippen molar-refractivity contribution in [2.24, 2.45) is 17.3 Å². The van der Waals surface area contributed by atoms with Gasteiger partial charge in [-0.15, -0.1) is 0 Å². The van der Waals surface area contributed by atoms with Gasteiger partial charge in [-0.3, -0.25) is 14.5 Å². The molecule has 12 rings (SSSR count). The van der Waals surface area contributed by atoms with E-state index in [9.17, 15) is 14.4 Å². The first-order valence-corrected chi connectivity index (χ1v) is 24.5. The Kier molecular flexibility index (Phi) is 10.5. The summed E-state index contributed by atoms with van der Waals surface area (Å²) in [5, 5.41) is 2.71. The fraction of sp³-hybridized carbons (Fsp3) is 0.426. The van der Waals surface area contributed by atoms with Gasteiger partial charge in [0.25, 0.3) is 5.92 Å². The molecule has 3 saturated heterocycles. The molecule has 2 aromatic heterocycles. The zero-order chi connectivity index (χ0) is 47.3. The normalized spacial score (nSPS) is 23.9. The predicted molar refractivity (Wildman–Crippen MR) is 255 cm³/mol. The summed E-state index contributed by atoms with van der Waals surface area (Å²) in [4.78, 5) is 64.0. The lowest BCUT2D eigenvalue weighted by Gasteiger charge is -2.41. The number of carbonyl (C=O) groups is 3. The highest BCUT2D eigenvalue weighted by Gasteiger charge is 2.56. The number of methoxy groups -OCH3 is 1. The maximum absolute atomic E-state index is 16.8. The van der Waals surface area contributed by atoms with E-state index >= 15 is 8.78 Å². The number of ether oxygens (including phenoxy) is 2. The number of H-pyrrole nitrogens is 2. The molecule has 4 aromatic carbocycles. The van der Waals surface area contributed by atoms with Gasteiger partial charge in [0.1, 0.15) is 23.7 Å². The van der Waals surface area contributed by atoms with Crippen LogP contribution in [0, 0.1) is 17.3 Å². The van der Waals surface area contributed by atoms with Crippen LogP contribution in [0.1, 0.15) is 98.8 Å². The van der Waals surface area contributed by atoms with Gasteiger partial charge in [-0.1, -0.05) is 74.5 Å². The van der Waals surface area contributed by atoms with Crippen molar-refractivity contribution < 1.29 is 32.6 Å². The first kappa shape index (κ1) is 43.8. The van der Waals surface area contributed by atoms with Crippen molar-refractivity contribution in [3.05, 3.63) is 119 Å². The Morgan fingerprint density at radius 2 is 1.57 bits per heavy atom. The van der Waals surface area contributed by atoms with Crippen molar-refractivity contribution in [2.75, 3.05) is 40.0 Å². The molecular weight excluding hydrogens is 879 g/mol. The Bertz CT molecular complexity index is 3000. The van der Waals surface area contributed by atoms with Crippen LogP contribution >= 0.6 is 0 Å². The number of benzene rings is 4. The molecule has 356 valence electrons. The van der Waals surface area contributed by atoms with E-state index in [0.29, 0.717) is 72.5 Å². The molecule has 5 heterocycles. The van der Waals surface area contributed by atoms with E-state index in [-0.39, 0.29) is 52.4 Å². The molecule has 6 aliphatic rings. The third-order valence-corrected chi connectivity index (χ3v) is 16.1. The number of nitrogens with zero attached hydrogens (tertiary/aromatic N) is 5. The van der Waals surface area contributed by atoms with Gasteiger partial charge >= 0.3 is 6.09 Å². The molecule has 1 unspecified atom stereocenters. The number of piperidine rings is 1. The summed E-state index contributed by atoms with van der Waals surface area (Å²) in [6, 6.07) is 24.7. The van der Waals surface area contributed by atoms with Crippen LogP contribution in [0.3, 0.4) is 0 Å². The molecular formula is C54H56F2N8O5. The number of fused-ring (bicyclic) bond motifs is 6. The number of hydrogen-bond donors (Lipinski definition) is 3. The fourth-order valence-corrected chi connectivity index (χ4v) is 12.3. The number of aromatic nitrogens is 4. The zero-order valence-electron chi connectivity index (χ0n) is 39.0. The highest BCUT2D eigenvalue weighted by atomic mass is 19.3. The molecule has 6 aromatic rings. The monoisotopic (exact) mass is 934 g/mol. The number of alkyl carbamates (subject to hydrolysis) is 1. The first-order valence-electron chi connectivity index (χ1n) is 24.5. The van der Waals surface area contributed by atoms with Gasteiger partial charge in [0.05, 0.1) is 55.3 Å². The maximum atomic E-state index is 16.8. The summed E-state index contributed by atoms with van der Waals surface area (Å²) >= 11 is 0. The highest BCUT2D eigenvalue weighted by molar-refractivity contribution is 5.89. The van der Waals surface area contributed by atoms with Gasteiger partial charge in [0, 0.05) is 42.4 Å². The van der Waals surface area contributed by atoms with E-state index in [0.717, 1.165) is 66.5 Å². The largest absolute Gasteiger partial charge is 0.453 e. The third kappa shape index (κ3) is 7.42. The van der Waals surface area contributed by atoms with Crippen LogP contribution in [-0.4, -0.2) is 105 Å². The summed E-state index contributed by atoms with van der Waals surface area (Å²) in [5.41, 5.74) is 5.98. The highest BCUT2D eigenvalue weighted by Crippen LogP contribution is 2.59. The van der Waals surface area contributed by atoms with E-state index in [2.05, 4.69) is 25.1 Å². The number of carbonyl (C=O) groups excluding carboxylic acids is 3. The lowest BCUT2D eigenvalue weighted by molar-refractivity contribution is -0.144. The lowest BCUT2D eigenvalue weighted by Crippen LogP contribution is -2.51. The van der Waals surface area contributed by atoms with Crippen LogP contribution < -0.4 is 5.32 Å². The minimum absolute atomic E-state index is 0.0166. The van der Waals surface area contributed by atoms with E-state index in [4.69, 9.17) is 19.4 Å².